The molecule has 5 aromatic rings. The molecule has 0 atom stereocenters. The van der Waals surface area contributed by atoms with Crippen LogP contribution in [0, 0.1) is 6.92 Å². The fraction of sp³-hybridized carbons (Fsp3) is 0.0476. The third-order valence-corrected chi connectivity index (χ3v) is 4.78. The molecule has 0 aliphatic heterocycles. The van der Waals surface area contributed by atoms with Crippen LogP contribution in [0.3, 0.4) is 0 Å². The van der Waals surface area contributed by atoms with Crippen molar-refractivity contribution in [1.29, 1.82) is 0 Å². The fourth-order valence-corrected chi connectivity index (χ4v) is 3.35. The largest absolute Gasteiger partial charge is 0.322 e. The van der Waals surface area contributed by atoms with E-state index in [1.807, 2.05) is 61.5 Å². The lowest BCUT2D eigenvalue weighted by atomic mass is 10.1. The third kappa shape index (κ3) is 2.69. The van der Waals surface area contributed by atoms with Gasteiger partial charge in [0.15, 0.2) is 0 Å². The first-order valence-corrected chi connectivity index (χ1v) is 8.85. The van der Waals surface area contributed by atoms with Gasteiger partial charge in [-0.25, -0.2) is 0 Å². The number of nitrogens with zero attached hydrogens (tertiary/aromatic N) is 3. The van der Waals surface area contributed by atoms with Gasteiger partial charge < -0.3 is 5.32 Å². The molecule has 28 heavy (non-hydrogen) atoms. The zero-order valence-electron chi connectivity index (χ0n) is 15.0. The molecule has 0 saturated carbocycles. The highest BCUT2D eigenvalue weighted by Gasteiger charge is 2.14. The summed E-state index contributed by atoms with van der Waals surface area (Å²) < 4.78 is 0. The number of carbonyl (C=O) groups is 1. The van der Waals surface area contributed by atoms with Crippen LogP contribution in [0.1, 0.15) is 15.9 Å². The summed E-state index contributed by atoms with van der Waals surface area (Å²) in [5, 5.41) is 22.0. The molecule has 7 nitrogen and oxygen atoms in total. The Hall–Kier alpha value is -4.00. The van der Waals surface area contributed by atoms with Crippen molar-refractivity contribution in [3.05, 3.63) is 71.8 Å². The summed E-state index contributed by atoms with van der Waals surface area (Å²) in [6.07, 6.45) is 0. The van der Waals surface area contributed by atoms with Crippen LogP contribution in [-0.2, 0) is 0 Å². The minimum absolute atomic E-state index is 0.188. The van der Waals surface area contributed by atoms with Crippen LogP contribution < -0.4 is 5.32 Å². The van der Waals surface area contributed by atoms with Crippen molar-refractivity contribution >= 4 is 33.5 Å². The normalized spacial score (nSPS) is 11.2. The molecule has 2 heterocycles. The van der Waals surface area contributed by atoms with E-state index in [2.05, 4.69) is 30.9 Å². The van der Waals surface area contributed by atoms with Crippen molar-refractivity contribution in [2.24, 2.45) is 0 Å². The van der Waals surface area contributed by atoms with Crippen LogP contribution >= 0.6 is 0 Å². The number of H-pyrrole nitrogens is 2. The Kier molecular flexibility index (Phi) is 3.65. The van der Waals surface area contributed by atoms with Gasteiger partial charge in [0.25, 0.3) is 5.91 Å². The van der Waals surface area contributed by atoms with Crippen molar-refractivity contribution < 1.29 is 4.79 Å². The molecule has 0 aliphatic carbocycles. The van der Waals surface area contributed by atoms with E-state index in [0.29, 0.717) is 16.8 Å². The molecule has 0 radical (unpaired) electrons. The Morgan fingerprint density at radius 3 is 2.68 bits per heavy atom. The van der Waals surface area contributed by atoms with Crippen molar-refractivity contribution in [3.8, 4) is 11.3 Å². The minimum Gasteiger partial charge on any atom is -0.322 e. The van der Waals surface area contributed by atoms with Gasteiger partial charge in [0.1, 0.15) is 5.52 Å². The average molecular weight is 368 g/mol. The van der Waals surface area contributed by atoms with Gasteiger partial charge in [-0.05, 0) is 42.8 Å². The Labute approximate surface area is 159 Å². The van der Waals surface area contributed by atoms with E-state index in [1.54, 1.807) is 6.07 Å². The number of carbonyl (C=O) groups excluding carboxylic acids is 1. The lowest BCUT2D eigenvalue weighted by molar-refractivity contribution is 0.102. The van der Waals surface area contributed by atoms with Gasteiger partial charge in [0.2, 0.25) is 0 Å². The molecule has 0 fully saturated rings. The Morgan fingerprint density at radius 1 is 0.964 bits per heavy atom. The van der Waals surface area contributed by atoms with Gasteiger partial charge in [-0.1, -0.05) is 35.5 Å². The fourth-order valence-electron chi connectivity index (χ4n) is 3.35. The zero-order chi connectivity index (χ0) is 19.1. The SMILES string of the molecule is Cc1cc2[nH]nnc2cc1C(=O)Nc1ccc2[nH]nc(-c3ccccc3)c2c1. The van der Waals surface area contributed by atoms with Crippen LogP contribution in [0.2, 0.25) is 0 Å². The van der Waals surface area contributed by atoms with Crippen LogP contribution in [0.5, 0.6) is 0 Å². The molecule has 2 aromatic heterocycles. The molecule has 3 N–H and O–H groups in total. The van der Waals surface area contributed by atoms with Gasteiger partial charge in [0.05, 0.1) is 16.7 Å². The number of fused-ring (bicyclic) bond motifs is 2. The van der Waals surface area contributed by atoms with Gasteiger partial charge in [-0.3, -0.25) is 15.0 Å². The number of aryl methyl sites for hydroxylation is 1. The molecule has 5 rings (SSSR count). The van der Waals surface area contributed by atoms with Crippen LogP contribution in [0.15, 0.2) is 60.7 Å². The first-order chi connectivity index (χ1) is 13.7. The van der Waals surface area contributed by atoms with E-state index >= 15 is 0 Å². The second kappa shape index (κ2) is 6.31. The topological polar surface area (TPSA) is 99.4 Å². The predicted molar refractivity (Wildman–Crippen MR) is 108 cm³/mol. The van der Waals surface area contributed by atoms with E-state index in [1.165, 1.54) is 0 Å². The molecule has 3 aromatic carbocycles. The highest BCUT2D eigenvalue weighted by atomic mass is 16.1. The summed E-state index contributed by atoms with van der Waals surface area (Å²) in [4.78, 5) is 12.8. The molecule has 136 valence electrons. The Morgan fingerprint density at radius 2 is 1.82 bits per heavy atom. The van der Waals surface area contributed by atoms with E-state index in [-0.39, 0.29) is 5.91 Å². The molecular weight excluding hydrogens is 352 g/mol. The van der Waals surface area contributed by atoms with Crippen LogP contribution in [0.4, 0.5) is 5.69 Å². The van der Waals surface area contributed by atoms with Crippen molar-refractivity contribution in [2.45, 2.75) is 6.92 Å². The molecule has 0 unspecified atom stereocenters. The number of aromatic amines is 2. The summed E-state index contributed by atoms with van der Waals surface area (Å²) in [6, 6.07) is 19.3. The molecular formula is C21H16N6O. The van der Waals surface area contributed by atoms with E-state index in [4.69, 9.17) is 0 Å². The maximum absolute atomic E-state index is 12.8. The second-order valence-corrected chi connectivity index (χ2v) is 6.65. The van der Waals surface area contributed by atoms with Crippen molar-refractivity contribution in [2.75, 3.05) is 5.32 Å². The number of hydrogen-bond acceptors (Lipinski definition) is 4. The van der Waals surface area contributed by atoms with E-state index in [9.17, 15) is 4.79 Å². The highest BCUT2D eigenvalue weighted by molar-refractivity contribution is 6.08. The number of benzene rings is 3. The molecule has 0 aliphatic rings. The quantitative estimate of drug-likeness (QED) is 0.447. The summed E-state index contributed by atoms with van der Waals surface area (Å²) in [7, 11) is 0. The Balaban J connectivity index is 1.50. The first-order valence-electron chi connectivity index (χ1n) is 8.85. The monoisotopic (exact) mass is 368 g/mol. The first kappa shape index (κ1) is 16.2. The summed E-state index contributed by atoms with van der Waals surface area (Å²) >= 11 is 0. The van der Waals surface area contributed by atoms with Gasteiger partial charge in [0, 0.05) is 22.2 Å². The van der Waals surface area contributed by atoms with Crippen molar-refractivity contribution in [1.82, 2.24) is 25.6 Å². The highest BCUT2D eigenvalue weighted by Crippen LogP contribution is 2.28. The minimum atomic E-state index is -0.188. The number of hydrogen-bond donors (Lipinski definition) is 3. The summed E-state index contributed by atoms with van der Waals surface area (Å²) in [6.45, 7) is 1.89. The van der Waals surface area contributed by atoms with Gasteiger partial charge in [-0.15, -0.1) is 5.10 Å². The molecule has 7 heteroatoms. The number of aromatic nitrogens is 5. The maximum atomic E-state index is 12.8. The third-order valence-electron chi connectivity index (χ3n) is 4.78. The zero-order valence-corrected chi connectivity index (χ0v) is 15.0. The lowest BCUT2D eigenvalue weighted by Gasteiger charge is -2.08. The number of anilines is 1. The molecule has 0 bridgehead atoms. The van der Waals surface area contributed by atoms with Gasteiger partial charge in [-0.2, -0.15) is 5.10 Å². The molecule has 0 spiro atoms. The van der Waals surface area contributed by atoms with E-state index < -0.39 is 0 Å². The van der Waals surface area contributed by atoms with Crippen LogP contribution in [-0.4, -0.2) is 31.5 Å². The number of nitrogens with one attached hydrogen (secondary N) is 3. The van der Waals surface area contributed by atoms with E-state index in [0.717, 1.165) is 33.2 Å². The summed E-state index contributed by atoms with van der Waals surface area (Å²) in [5.74, 6) is -0.188. The standard InChI is InChI=1S/C21H16N6O/c1-12-9-18-19(25-27-24-18)11-15(12)21(28)22-14-7-8-17-16(10-14)20(26-23-17)13-5-3-2-4-6-13/h2-11H,1H3,(H,22,28)(H,23,26)(H,24,25,27). The smallest absolute Gasteiger partial charge is 0.256 e. The second-order valence-electron chi connectivity index (χ2n) is 6.65. The van der Waals surface area contributed by atoms with Gasteiger partial charge >= 0.3 is 0 Å². The Bertz CT molecular complexity index is 1320. The van der Waals surface area contributed by atoms with Crippen LogP contribution in [0.25, 0.3) is 33.2 Å². The maximum Gasteiger partial charge on any atom is 0.256 e. The predicted octanol–water partition coefficient (Wildman–Crippen LogP) is 4.06. The van der Waals surface area contributed by atoms with Crippen molar-refractivity contribution in [3.63, 3.8) is 0 Å². The summed E-state index contributed by atoms with van der Waals surface area (Å²) in [5.41, 5.74) is 6.38. The average Bonchev–Trinajstić information content (AvgIpc) is 3.34. The number of rotatable bonds is 3. The number of amides is 1. The molecule has 0 saturated heterocycles. The lowest BCUT2D eigenvalue weighted by Crippen LogP contribution is -2.13. The molecule has 1 amide bonds.